The standard InChI is InChI=1S/C31H31F2N3O2/c1-38-12-11-19-5-9-27(30(33)13-19)26-10-8-21(14-28(26)20-6-7-22(18-34)29(32)15-20)31(37)36-24-3-2-4-25(36)17-23(35)16-24/h5-10,13-15,23-25H,2-4,11-12,16-17,35H2,1H3/t23-,24-,25+. The van der Waals surface area contributed by atoms with E-state index in [-0.39, 0.29) is 29.6 Å². The van der Waals surface area contributed by atoms with Crippen molar-refractivity contribution in [2.24, 2.45) is 5.73 Å². The van der Waals surface area contributed by atoms with Crippen LogP contribution in [-0.4, -0.2) is 42.6 Å². The predicted octanol–water partition coefficient (Wildman–Crippen LogP) is 5.84. The highest BCUT2D eigenvalue weighted by Gasteiger charge is 2.40. The second kappa shape index (κ2) is 11.0. The van der Waals surface area contributed by atoms with E-state index < -0.39 is 11.6 Å². The van der Waals surface area contributed by atoms with Gasteiger partial charge in [-0.2, -0.15) is 5.26 Å². The zero-order valence-electron chi connectivity index (χ0n) is 21.4. The Labute approximate surface area is 221 Å². The topological polar surface area (TPSA) is 79.3 Å². The number of halogens is 2. The first-order chi connectivity index (χ1) is 18.4. The van der Waals surface area contributed by atoms with Crippen molar-refractivity contribution in [1.29, 1.82) is 5.26 Å². The molecule has 5 rings (SSSR count). The van der Waals surface area contributed by atoms with Crippen molar-refractivity contribution in [3.8, 4) is 28.3 Å². The van der Waals surface area contributed by atoms with Crippen LogP contribution in [0.1, 0.15) is 53.6 Å². The molecule has 2 bridgehead atoms. The Kier molecular flexibility index (Phi) is 7.55. The summed E-state index contributed by atoms with van der Waals surface area (Å²) in [6.07, 6.45) is 5.10. The Balaban J connectivity index is 1.58. The molecule has 0 unspecified atom stereocenters. The Hall–Kier alpha value is -3.60. The number of methoxy groups -OCH3 is 1. The highest BCUT2D eigenvalue weighted by atomic mass is 19.1. The summed E-state index contributed by atoms with van der Waals surface area (Å²) in [4.78, 5) is 15.8. The fourth-order valence-electron chi connectivity index (χ4n) is 5.98. The lowest BCUT2D eigenvalue weighted by molar-refractivity contribution is 0.0243. The van der Waals surface area contributed by atoms with Gasteiger partial charge in [0.2, 0.25) is 0 Å². The molecule has 2 N–H and O–H groups in total. The first kappa shape index (κ1) is 26.0. The molecule has 2 saturated heterocycles. The summed E-state index contributed by atoms with van der Waals surface area (Å²) in [5.41, 5.74) is 9.36. The molecule has 2 aliphatic heterocycles. The van der Waals surface area contributed by atoms with Gasteiger partial charge in [-0.15, -0.1) is 0 Å². The summed E-state index contributed by atoms with van der Waals surface area (Å²) in [7, 11) is 1.60. The third kappa shape index (κ3) is 5.07. The maximum absolute atomic E-state index is 15.4. The van der Waals surface area contributed by atoms with Crippen LogP contribution in [0.3, 0.4) is 0 Å². The van der Waals surface area contributed by atoms with Crippen molar-refractivity contribution < 1.29 is 18.3 Å². The van der Waals surface area contributed by atoms with E-state index in [1.54, 1.807) is 37.4 Å². The molecule has 3 aromatic carbocycles. The molecule has 0 saturated carbocycles. The number of hydrogen-bond acceptors (Lipinski definition) is 4. The lowest BCUT2D eigenvalue weighted by Gasteiger charge is -2.48. The van der Waals surface area contributed by atoms with Crippen LogP contribution < -0.4 is 5.73 Å². The van der Waals surface area contributed by atoms with E-state index in [0.29, 0.717) is 40.8 Å². The highest BCUT2D eigenvalue weighted by molar-refractivity contribution is 5.98. The van der Waals surface area contributed by atoms with Gasteiger partial charge in [0, 0.05) is 36.4 Å². The molecular weight excluding hydrogens is 484 g/mol. The highest BCUT2D eigenvalue weighted by Crippen LogP contribution is 2.38. The van der Waals surface area contributed by atoms with E-state index in [1.807, 2.05) is 17.0 Å². The van der Waals surface area contributed by atoms with Crippen molar-refractivity contribution in [3.63, 3.8) is 0 Å². The summed E-state index contributed by atoms with van der Waals surface area (Å²) in [6, 6.07) is 16.7. The van der Waals surface area contributed by atoms with Gasteiger partial charge in [-0.1, -0.05) is 24.3 Å². The van der Waals surface area contributed by atoms with E-state index in [2.05, 4.69) is 0 Å². The summed E-state index contributed by atoms with van der Waals surface area (Å²) < 4.78 is 35.1. The summed E-state index contributed by atoms with van der Waals surface area (Å²) >= 11 is 0. The van der Waals surface area contributed by atoms with Crippen molar-refractivity contribution in [3.05, 3.63) is 82.9 Å². The minimum atomic E-state index is -0.664. The van der Waals surface area contributed by atoms with Crippen LogP contribution in [0.4, 0.5) is 8.78 Å². The minimum Gasteiger partial charge on any atom is -0.384 e. The van der Waals surface area contributed by atoms with Gasteiger partial charge >= 0.3 is 0 Å². The van der Waals surface area contributed by atoms with Crippen LogP contribution in [-0.2, 0) is 11.2 Å². The molecule has 38 heavy (non-hydrogen) atoms. The molecule has 5 nitrogen and oxygen atoms in total. The average molecular weight is 516 g/mol. The normalized spacial score (nSPS) is 20.7. The van der Waals surface area contributed by atoms with Crippen LogP contribution in [0.15, 0.2) is 54.6 Å². The van der Waals surface area contributed by atoms with Gasteiger partial charge in [0.05, 0.1) is 12.2 Å². The molecule has 0 radical (unpaired) electrons. The quantitative estimate of drug-likeness (QED) is 0.447. The molecular formula is C31H31F2N3O2. The zero-order valence-corrected chi connectivity index (χ0v) is 21.4. The number of piperidine rings is 2. The number of carbonyl (C=O) groups is 1. The Morgan fingerprint density at radius 2 is 1.74 bits per heavy atom. The number of carbonyl (C=O) groups excluding carboxylic acids is 1. The fraction of sp³-hybridized carbons (Fsp3) is 0.355. The van der Waals surface area contributed by atoms with Gasteiger partial charge in [-0.05, 0) is 91.1 Å². The maximum Gasteiger partial charge on any atom is 0.254 e. The Bertz CT molecular complexity index is 1390. The SMILES string of the molecule is COCCc1ccc(-c2ccc(C(=O)N3[C@@H]4CCC[C@H]3C[C@H](N)C4)cc2-c2ccc(C#N)c(F)c2)c(F)c1. The maximum atomic E-state index is 15.4. The van der Waals surface area contributed by atoms with E-state index >= 15 is 4.39 Å². The van der Waals surface area contributed by atoms with Crippen molar-refractivity contribution in [1.82, 2.24) is 4.90 Å². The predicted molar refractivity (Wildman–Crippen MR) is 142 cm³/mol. The van der Waals surface area contributed by atoms with Crippen LogP contribution in [0.25, 0.3) is 22.3 Å². The van der Waals surface area contributed by atoms with Crippen LogP contribution in [0.5, 0.6) is 0 Å². The first-order valence-corrected chi connectivity index (χ1v) is 13.1. The van der Waals surface area contributed by atoms with Gasteiger partial charge in [0.15, 0.2) is 0 Å². The van der Waals surface area contributed by atoms with E-state index in [9.17, 15) is 14.4 Å². The lowest BCUT2D eigenvalue weighted by atomic mass is 9.81. The van der Waals surface area contributed by atoms with E-state index in [1.165, 1.54) is 18.2 Å². The van der Waals surface area contributed by atoms with Crippen molar-refractivity contribution in [2.45, 2.75) is 56.7 Å². The lowest BCUT2D eigenvalue weighted by Crippen LogP contribution is -2.57. The number of fused-ring (bicyclic) bond motifs is 2. The third-order valence-corrected chi connectivity index (χ3v) is 7.83. The summed E-state index contributed by atoms with van der Waals surface area (Å²) in [5, 5.41) is 9.19. The summed E-state index contributed by atoms with van der Waals surface area (Å²) in [5.74, 6) is -1.15. The minimum absolute atomic E-state index is 0.0753. The largest absolute Gasteiger partial charge is 0.384 e. The second-order valence-corrected chi connectivity index (χ2v) is 10.3. The summed E-state index contributed by atoms with van der Waals surface area (Å²) in [6.45, 7) is 0.481. The smallest absolute Gasteiger partial charge is 0.254 e. The number of rotatable bonds is 6. The molecule has 0 aromatic heterocycles. The van der Waals surface area contributed by atoms with E-state index in [4.69, 9.17) is 10.5 Å². The van der Waals surface area contributed by atoms with Crippen LogP contribution in [0.2, 0.25) is 0 Å². The Morgan fingerprint density at radius 3 is 2.39 bits per heavy atom. The van der Waals surface area contributed by atoms with Gasteiger partial charge in [-0.3, -0.25) is 4.79 Å². The molecule has 2 aliphatic rings. The van der Waals surface area contributed by atoms with Crippen LogP contribution in [0, 0.1) is 23.0 Å². The molecule has 1 amide bonds. The van der Waals surface area contributed by atoms with Crippen molar-refractivity contribution >= 4 is 5.91 Å². The van der Waals surface area contributed by atoms with Crippen LogP contribution >= 0.6 is 0 Å². The van der Waals surface area contributed by atoms with E-state index in [0.717, 1.165) is 37.7 Å². The number of ether oxygens (including phenoxy) is 1. The van der Waals surface area contributed by atoms with Crippen molar-refractivity contribution in [2.75, 3.05) is 13.7 Å². The molecule has 3 aromatic rings. The number of hydrogen-bond donors (Lipinski definition) is 1. The molecule has 196 valence electrons. The van der Waals surface area contributed by atoms with Gasteiger partial charge in [-0.25, -0.2) is 8.78 Å². The number of nitriles is 1. The zero-order chi connectivity index (χ0) is 26.8. The fourth-order valence-corrected chi connectivity index (χ4v) is 5.98. The molecule has 0 aliphatic carbocycles. The van der Waals surface area contributed by atoms with Gasteiger partial charge in [0.25, 0.3) is 5.91 Å². The van der Waals surface area contributed by atoms with Gasteiger partial charge in [0.1, 0.15) is 17.7 Å². The number of nitrogens with zero attached hydrogens (tertiary/aromatic N) is 2. The number of benzene rings is 3. The monoisotopic (exact) mass is 515 g/mol. The second-order valence-electron chi connectivity index (χ2n) is 10.3. The van der Waals surface area contributed by atoms with Gasteiger partial charge < -0.3 is 15.4 Å². The first-order valence-electron chi connectivity index (χ1n) is 13.1. The number of amides is 1. The number of nitrogens with two attached hydrogens (primary N) is 1. The average Bonchev–Trinajstić information content (AvgIpc) is 2.91. The molecule has 0 spiro atoms. The molecule has 2 fully saturated rings. The molecule has 2 heterocycles. The third-order valence-electron chi connectivity index (χ3n) is 7.83. The Morgan fingerprint density at radius 1 is 1.00 bits per heavy atom. The molecule has 3 atom stereocenters. The molecule has 7 heteroatoms.